The van der Waals surface area contributed by atoms with Crippen LogP contribution in [0.5, 0.6) is 0 Å². The molecule has 0 unspecified atom stereocenters. The van der Waals surface area contributed by atoms with E-state index in [0.29, 0.717) is 30.4 Å². The van der Waals surface area contributed by atoms with Crippen molar-refractivity contribution in [2.75, 3.05) is 29.9 Å². The van der Waals surface area contributed by atoms with Crippen LogP contribution in [0.15, 0.2) is 30.9 Å². The third-order valence-electron chi connectivity index (χ3n) is 5.78. The summed E-state index contributed by atoms with van der Waals surface area (Å²) in [6.45, 7) is 6.42. The summed E-state index contributed by atoms with van der Waals surface area (Å²) in [6.07, 6.45) is 5.40. The maximum Gasteiger partial charge on any atom is 0.227 e. The van der Waals surface area contributed by atoms with Gasteiger partial charge < -0.3 is 19.9 Å². The summed E-state index contributed by atoms with van der Waals surface area (Å²) in [5.74, 6) is 3.86. The van der Waals surface area contributed by atoms with Crippen LogP contribution in [-0.2, 0) is 0 Å². The summed E-state index contributed by atoms with van der Waals surface area (Å²) in [6, 6.07) is 4.18. The molecule has 2 N–H and O–H groups in total. The van der Waals surface area contributed by atoms with Crippen molar-refractivity contribution < 1.29 is 5.11 Å². The Morgan fingerprint density at radius 3 is 2.74 bits per heavy atom. The Morgan fingerprint density at radius 1 is 1.19 bits per heavy atom. The van der Waals surface area contributed by atoms with Crippen molar-refractivity contribution in [3.63, 3.8) is 0 Å². The van der Waals surface area contributed by atoms with E-state index in [2.05, 4.69) is 48.6 Å². The molecule has 1 aliphatic heterocycles. The summed E-state index contributed by atoms with van der Waals surface area (Å²) >= 11 is 0. The minimum atomic E-state index is 0.298. The molecule has 5 rings (SSSR count). The molecule has 0 spiro atoms. The number of hydrogen-bond acceptors (Lipinski definition) is 7. The van der Waals surface area contributed by atoms with Crippen LogP contribution in [0.2, 0.25) is 0 Å². The Balaban J connectivity index is 1.35. The van der Waals surface area contributed by atoms with Crippen LogP contribution in [0.4, 0.5) is 17.6 Å². The molecule has 1 saturated carbocycles. The Labute approximate surface area is 157 Å². The molecule has 3 aromatic heterocycles. The van der Waals surface area contributed by atoms with Crippen molar-refractivity contribution in [3.05, 3.63) is 30.9 Å². The standard InChI is InChI=1S/C19H23N7O/c1-11(2)26-10-22-15-6-21-18(5-16(15)26)23-17-3-4-20-19(24-17)25-7-12-13(8-25)14(12)9-27/h3-6,10-14,27H,7-9H2,1-2H3,(H,20,21,23,24)/t12-,13+,14-. The predicted molar refractivity (Wildman–Crippen MR) is 103 cm³/mol. The highest BCUT2D eigenvalue weighted by Crippen LogP contribution is 2.51. The fourth-order valence-corrected chi connectivity index (χ4v) is 4.20. The number of rotatable bonds is 5. The number of hydrogen-bond donors (Lipinski definition) is 2. The van der Waals surface area contributed by atoms with Gasteiger partial charge in [0.05, 0.1) is 18.0 Å². The van der Waals surface area contributed by atoms with Crippen LogP contribution in [0.1, 0.15) is 19.9 Å². The van der Waals surface area contributed by atoms with Crippen LogP contribution in [0, 0.1) is 17.8 Å². The van der Waals surface area contributed by atoms with Gasteiger partial charge in [0.15, 0.2) is 0 Å². The van der Waals surface area contributed by atoms with Gasteiger partial charge in [-0.2, -0.15) is 4.98 Å². The van der Waals surface area contributed by atoms with Crippen molar-refractivity contribution in [2.24, 2.45) is 17.8 Å². The van der Waals surface area contributed by atoms with Gasteiger partial charge in [0.2, 0.25) is 5.95 Å². The Bertz CT molecular complexity index is 973. The number of anilines is 3. The number of aliphatic hydroxyl groups is 1. The zero-order valence-corrected chi connectivity index (χ0v) is 15.4. The van der Waals surface area contributed by atoms with Gasteiger partial charge in [-0.15, -0.1) is 0 Å². The largest absolute Gasteiger partial charge is 0.396 e. The quantitative estimate of drug-likeness (QED) is 0.716. The topological polar surface area (TPSA) is 92.0 Å². The Morgan fingerprint density at radius 2 is 2.00 bits per heavy atom. The molecule has 2 aliphatic rings. The summed E-state index contributed by atoms with van der Waals surface area (Å²) in [5, 5.41) is 12.6. The number of piperidine rings is 1. The monoisotopic (exact) mass is 365 g/mol. The first-order valence-corrected chi connectivity index (χ1v) is 9.42. The molecule has 3 aromatic rings. The molecule has 8 nitrogen and oxygen atoms in total. The van der Waals surface area contributed by atoms with Crippen LogP contribution >= 0.6 is 0 Å². The van der Waals surface area contributed by atoms with Gasteiger partial charge in [0.25, 0.3) is 0 Å². The van der Waals surface area contributed by atoms with Crippen molar-refractivity contribution in [2.45, 2.75) is 19.9 Å². The molecular weight excluding hydrogens is 342 g/mol. The van der Waals surface area contributed by atoms with Crippen LogP contribution in [-0.4, -0.2) is 49.3 Å². The SMILES string of the molecule is CC(C)n1cnc2cnc(Nc3ccnc(N4C[C@@H]5[C@H](CO)[C@@H]5C4)n3)cc21. The summed E-state index contributed by atoms with van der Waals surface area (Å²) in [7, 11) is 0. The Kier molecular flexibility index (Phi) is 3.75. The van der Waals surface area contributed by atoms with Crippen molar-refractivity contribution >= 4 is 28.6 Å². The first-order chi connectivity index (χ1) is 13.1. The van der Waals surface area contributed by atoms with E-state index in [1.807, 2.05) is 18.5 Å². The lowest BCUT2D eigenvalue weighted by Crippen LogP contribution is -2.26. The zero-order valence-electron chi connectivity index (χ0n) is 15.4. The lowest BCUT2D eigenvalue weighted by molar-refractivity contribution is 0.260. The van der Waals surface area contributed by atoms with Gasteiger partial charge >= 0.3 is 0 Å². The molecule has 4 heterocycles. The molecule has 0 radical (unpaired) electrons. The van der Waals surface area contributed by atoms with Crippen LogP contribution in [0.3, 0.4) is 0 Å². The number of imidazole rings is 1. The molecule has 8 heteroatoms. The van der Waals surface area contributed by atoms with E-state index in [1.165, 1.54) is 0 Å². The van der Waals surface area contributed by atoms with Gasteiger partial charge in [-0.05, 0) is 37.7 Å². The van der Waals surface area contributed by atoms with E-state index in [1.54, 1.807) is 12.4 Å². The van der Waals surface area contributed by atoms with Gasteiger partial charge in [-0.3, -0.25) is 0 Å². The lowest BCUT2D eigenvalue weighted by atomic mass is 10.3. The summed E-state index contributed by atoms with van der Waals surface area (Å²) in [5.41, 5.74) is 1.93. The second kappa shape index (κ2) is 6.16. The second-order valence-corrected chi connectivity index (χ2v) is 7.75. The van der Waals surface area contributed by atoms with Crippen LogP contribution in [0.25, 0.3) is 11.0 Å². The van der Waals surface area contributed by atoms with E-state index in [0.717, 1.165) is 41.7 Å². The maximum absolute atomic E-state index is 9.32. The van der Waals surface area contributed by atoms with Crippen molar-refractivity contribution in [1.82, 2.24) is 24.5 Å². The number of fused-ring (bicyclic) bond motifs is 2. The summed E-state index contributed by atoms with van der Waals surface area (Å²) < 4.78 is 2.13. The number of nitrogens with one attached hydrogen (secondary N) is 1. The minimum absolute atomic E-state index is 0.298. The number of aromatic nitrogens is 5. The van der Waals surface area contributed by atoms with E-state index in [4.69, 9.17) is 0 Å². The van der Waals surface area contributed by atoms with Crippen molar-refractivity contribution in [3.8, 4) is 0 Å². The van der Waals surface area contributed by atoms with E-state index < -0.39 is 0 Å². The first kappa shape index (κ1) is 16.4. The van der Waals surface area contributed by atoms with E-state index >= 15 is 0 Å². The molecule has 2 fully saturated rings. The Hall–Kier alpha value is -2.74. The molecular formula is C19H23N7O. The third kappa shape index (κ3) is 2.80. The molecule has 1 saturated heterocycles. The highest BCUT2D eigenvalue weighted by molar-refractivity contribution is 5.78. The normalized spacial score (nSPS) is 23.9. The number of nitrogens with zero attached hydrogens (tertiary/aromatic N) is 6. The van der Waals surface area contributed by atoms with E-state index in [-0.39, 0.29) is 0 Å². The van der Waals surface area contributed by atoms with Gasteiger partial charge in [0, 0.05) is 38.0 Å². The predicted octanol–water partition coefficient (Wildman–Crippen LogP) is 2.22. The molecule has 0 bridgehead atoms. The molecule has 3 atom stereocenters. The van der Waals surface area contributed by atoms with Gasteiger partial charge in [0.1, 0.15) is 17.2 Å². The molecule has 27 heavy (non-hydrogen) atoms. The van der Waals surface area contributed by atoms with Crippen molar-refractivity contribution in [1.29, 1.82) is 0 Å². The molecule has 0 aromatic carbocycles. The highest BCUT2D eigenvalue weighted by atomic mass is 16.3. The average molecular weight is 365 g/mol. The second-order valence-electron chi connectivity index (χ2n) is 7.75. The lowest BCUT2D eigenvalue weighted by Gasteiger charge is -2.19. The van der Waals surface area contributed by atoms with E-state index in [9.17, 15) is 5.11 Å². The fourth-order valence-electron chi connectivity index (χ4n) is 4.20. The molecule has 140 valence electrons. The first-order valence-electron chi connectivity index (χ1n) is 9.42. The smallest absolute Gasteiger partial charge is 0.227 e. The average Bonchev–Trinajstić information content (AvgIpc) is 3.00. The van der Waals surface area contributed by atoms with Gasteiger partial charge in [-0.1, -0.05) is 0 Å². The fraction of sp³-hybridized carbons (Fsp3) is 0.474. The summed E-state index contributed by atoms with van der Waals surface area (Å²) in [4.78, 5) is 20.1. The molecule has 0 amide bonds. The third-order valence-corrected chi connectivity index (χ3v) is 5.78. The zero-order chi connectivity index (χ0) is 18.5. The maximum atomic E-state index is 9.32. The number of aliphatic hydroxyl groups excluding tert-OH is 1. The van der Waals surface area contributed by atoms with Gasteiger partial charge in [-0.25, -0.2) is 15.0 Å². The van der Waals surface area contributed by atoms with Crippen LogP contribution < -0.4 is 10.2 Å². The minimum Gasteiger partial charge on any atom is -0.396 e. The molecule has 1 aliphatic carbocycles. The number of pyridine rings is 1. The highest BCUT2D eigenvalue weighted by Gasteiger charge is 2.55.